The summed E-state index contributed by atoms with van der Waals surface area (Å²) in [5, 5.41) is 7.07. The minimum absolute atomic E-state index is 0.0806. The lowest BCUT2D eigenvalue weighted by Crippen LogP contribution is -2.33. The van der Waals surface area contributed by atoms with Crippen LogP contribution in [-0.2, 0) is 17.9 Å². The monoisotopic (exact) mass is 328 g/mol. The van der Waals surface area contributed by atoms with Crippen molar-refractivity contribution in [1.29, 1.82) is 0 Å². The van der Waals surface area contributed by atoms with Crippen LogP contribution in [0.5, 0.6) is 5.88 Å². The van der Waals surface area contributed by atoms with Gasteiger partial charge in [0.25, 0.3) is 5.56 Å². The molecule has 2 aromatic rings. The van der Waals surface area contributed by atoms with Crippen molar-refractivity contribution >= 4 is 5.91 Å². The summed E-state index contributed by atoms with van der Waals surface area (Å²) in [5.41, 5.74) is 1.50. The van der Waals surface area contributed by atoms with Gasteiger partial charge in [0.15, 0.2) is 0 Å². The fourth-order valence-electron chi connectivity index (χ4n) is 2.35. The van der Waals surface area contributed by atoms with Crippen LogP contribution < -0.4 is 15.6 Å². The second-order valence-corrected chi connectivity index (χ2v) is 5.74. The molecule has 2 aromatic heterocycles. The molecule has 0 atom stereocenters. The number of carbonyl (C=O) groups is 1. The first-order valence-corrected chi connectivity index (χ1v) is 8.08. The van der Waals surface area contributed by atoms with E-state index in [-0.39, 0.29) is 18.0 Å². The van der Waals surface area contributed by atoms with E-state index in [4.69, 9.17) is 4.74 Å². The molecule has 0 radical (unpaired) electrons. The van der Waals surface area contributed by atoms with E-state index in [2.05, 4.69) is 15.4 Å². The van der Waals surface area contributed by atoms with Crippen molar-refractivity contribution in [2.45, 2.75) is 38.8 Å². The van der Waals surface area contributed by atoms with Gasteiger partial charge in [0.2, 0.25) is 11.8 Å². The summed E-state index contributed by atoms with van der Waals surface area (Å²) in [5.74, 6) is 0.709. The molecule has 0 saturated heterocycles. The van der Waals surface area contributed by atoms with Gasteiger partial charge in [0.05, 0.1) is 12.3 Å². The highest BCUT2D eigenvalue weighted by molar-refractivity contribution is 5.75. The van der Waals surface area contributed by atoms with E-state index in [0.717, 1.165) is 24.1 Å². The first-order valence-electron chi connectivity index (χ1n) is 8.08. The summed E-state index contributed by atoms with van der Waals surface area (Å²) < 4.78 is 6.55. The summed E-state index contributed by atoms with van der Waals surface area (Å²) in [7, 11) is 0. The molecule has 3 rings (SSSR count). The predicted molar refractivity (Wildman–Crippen MR) is 87.7 cm³/mol. The van der Waals surface area contributed by atoms with Gasteiger partial charge in [-0.25, -0.2) is 9.67 Å². The Bertz CT molecular complexity index is 783. The molecule has 7 nitrogen and oxygen atoms in total. The van der Waals surface area contributed by atoms with E-state index in [1.54, 1.807) is 24.4 Å². The van der Waals surface area contributed by atoms with Crippen LogP contribution in [-0.4, -0.2) is 27.3 Å². The Morgan fingerprint density at radius 1 is 1.38 bits per heavy atom. The molecule has 0 bridgehead atoms. The lowest BCUT2D eigenvalue weighted by molar-refractivity contribution is -0.122. The van der Waals surface area contributed by atoms with E-state index in [1.807, 2.05) is 6.92 Å². The molecule has 0 aromatic carbocycles. The van der Waals surface area contributed by atoms with E-state index >= 15 is 0 Å². The number of rotatable bonds is 7. The lowest BCUT2D eigenvalue weighted by Gasteiger charge is -2.09. The number of hydrogen-bond donors (Lipinski definition) is 1. The summed E-state index contributed by atoms with van der Waals surface area (Å²) in [4.78, 5) is 28.0. The summed E-state index contributed by atoms with van der Waals surface area (Å²) in [6, 6.07) is 6.81. The van der Waals surface area contributed by atoms with Crippen LogP contribution in [0.15, 0.2) is 35.3 Å². The fourth-order valence-corrected chi connectivity index (χ4v) is 2.35. The van der Waals surface area contributed by atoms with Gasteiger partial charge in [-0.05, 0) is 37.5 Å². The van der Waals surface area contributed by atoms with Gasteiger partial charge in [0.1, 0.15) is 6.54 Å². The largest absolute Gasteiger partial charge is 0.478 e. The number of amides is 1. The summed E-state index contributed by atoms with van der Waals surface area (Å²) in [6.45, 7) is 2.69. The fraction of sp³-hybridized carbons (Fsp3) is 0.412. The molecule has 1 aliphatic rings. The van der Waals surface area contributed by atoms with Gasteiger partial charge < -0.3 is 10.1 Å². The first-order chi connectivity index (χ1) is 11.7. The number of pyridine rings is 1. The van der Waals surface area contributed by atoms with Crippen LogP contribution in [0.2, 0.25) is 0 Å². The quantitative estimate of drug-likeness (QED) is 0.826. The first kappa shape index (κ1) is 16.2. The molecule has 1 fully saturated rings. The SMILES string of the molecule is CCOc1cc(CNC(=O)Cn2nc(C3CC3)ccc2=O)ccn1. The normalized spacial score (nSPS) is 13.5. The van der Waals surface area contributed by atoms with Crippen molar-refractivity contribution in [2.24, 2.45) is 0 Å². The Morgan fingerprint density at radius 2 is 2.21 bits per heavy atom. The van der Waals surface area contributed by atoms with Gasteiger partial charge in [-0.2, -0.15) is 5.10 Å². The van der Waals surface area contributed by atoms with Crippen molar-refractivity contribution in [2.75, 3.05) is 6.61 Å². The van der Waals surface area contributed by atoms with Gasteiger partial charge in [0, 0.05) is 30.8 Å². The van der Waals surface area contributed by atoms with Gasteiger partial charge >= 0.3 is 0 Å². The maximum absolute atomic E-state index is 12.1. The number of hydrogen-bond acceptors (Lipinski definition) is 5. The zero-order valence-corrected chi connectivity index (χ0v) is 13.6. The Kier molecular flexibility index (Phi) is 4.88. The number of nitrogens with one attached hydrogen (secondary N) is 1. The molecule has 1 aliphatic carbocycles. The Labute approximate surface area is 139 Å². The molecule has 1 saturated carbocycles. The maximum Gasteiger partial charge on any atom is 0.267 e. The minimum atomic E-state index is -0.267. The van der Waals surface area contributed by atoms with Crippen LogP contribution in [0.25, 0.3) is 0 Å². The van der Waals surface area contributed by atoms with Crippen molar-refractivity contribution in [1.82, 2.24) is 20.1 Å². The van der Waals surface area contributed by atoms with E-state index < -0.39 is 0 Å². The highest BCUT2D eigenvalue weighted by Gasteiger charge is 2.25. The molecule has 7 heteroatoms. The summed E-state index contributed by atoms with van der Waals surface area (Å²) >= 11 is 0. The third-order valence-corrected chi connectivity index (χ3v) is 3.76. The van der Waals surface area contributed by atoms with Crippen molar-refractivity contribution in [3.8, 4) is 5.88 Å². The average Bonchev–Trinajstić information content (AvgIpc) is 3.41. The Morgan fingerprint density at radius 3 is 2.96 bits per heavy atom. The zero-order valence-electron chi connectivity index (χ0n) is 13.6. The lowest BCUT2D eigenvalue weighted by atomic mass is 10.2. The Hall–Kier alpha value is -2.70. The van der Waals surface area contributed by atoms with E-state index in [9.17, 15) is 9.59 Å². The van der Waals surface area contributed by atoms with Crippen LogP contribution >= 0.6 is 0 Å². The third kappa shape index (κ3) is 4.18. The van der Waals surface area contributed by atoms with Crippen LogP contribution in [0, 0.1) is 0 Å². The van der Waals surface area contributed by atoms with Crippen LogP contribution in [0.3, 0.4) is 0 Å². The number of carbonyl (C=O) groups excluding carboxylic acids is 1. The number of nitrogens with zero attached hydrogens (tertiary/aromatic N) is 3. The maximum atomic E-state index is 12.1. The molecular formula is C17H20N4O3. The molecular weight excluding hydrogens is 308 g/mol. The molecule has 126 valence electrons. The zero-order chi connectivity index (χ0) is 16.9. The van der Waals surface area contributed by atoms with Gasteiger partial charge in [-0.3, -0.25) is 9.59 Å². The number of ether oxygens (including phenoxy) is 1. The van der Waals surface area contributed by atoms with Crippen molar-refractivity contribution in [3.05, 3.63) is 52.1 Å². The molecule has 24 heavy (non-hydrogen) atoms. The molecule has 0 aliphatic heterocycles. The van der Waals surface area contributed by atoms with Crippen LogP contribution in [0.1, 0.15) is 36.9 Å². The van der Waals surface area contributed by atoms with E-state index in [0.29, 0.717) is 24.9 Å². The molecule has 1 amide bonds. The molecule has 0 spiro atoms. The minimum Gasteiger partial charge on any atom is -0.478 e. The highest BCUT2D eigenvalue weighted by atomic mass is 16.5. The number of aromatic nitrogens is 3. The predicted octanol–water partition coefficient (Wildman–Crippen LogP) is 1.23. The molecule has 1 N–H and O–H groups in total. The van der Waals surface area contributed by atoms with Gasteiger partial charge in [-0.1, -0.05) is 0 Å². The summed E-state index contributed by atoms with van der Waals surface area (Å²) in [6.07, 6.45) is 3.83. The van der Waals surface area contributed by atoms with Crippen molar-refractivity contribution in [3.63, 3.8) is 0 Å². The van der Waals surface area contributed by atoms with Crippen molar-refractivity contribution < 1.29 is 9.53 Å². The second-order valence-electron chi connectivity index (χ2n) is 5.74. The average molecular weight is 328 g/mol. The second kappa shape index (κ2) is 7.25. The molecule has 2 heterocycles. The topological polar surface area (TPSA) is 86.1 Å². The van der Waals surface area contributed by atoms with E-state index in [1.165, 1.54) is 10.7 Å². The van der Waals surface area contributed by atoms with Crippen LogP contribution in [0.4, 0.5) is 0 Å². The molecule has 0 unspecified atom stereocenters. The smallest absolute Gasteiger partial charge is 0.267 e. The highest BCUT2D eigenvalue weighted by Crippen LogP contribution is 2.38. The third-order valence-electron chi connectivity index (χ3n) is 3.76. The standard InChI is InChI=1S/C17H20N4O3/c1-2-24-16-9-12(7-8-18-16)10-19-15(22)11-21-17(23)6-5-14(20-21)13-3-4-13/h5-9,13H,2-4,10-11H2,1H3,(H,19,22). The van der Waals surface area contributed by atoms with Gasteiger partial charge in [-0.15, -0.1) is 0 Å². The Balaban J connectivity index is 1.59.